The summed E-state index contributed by atoms with van der Waals surface area (Å²) in [6, 6.07) is 8.89. The van der Waals surface area contributed by atoms with Crippen LogP contribution in [0.3, 0.4) is 0 Å². The zero-order chi connectivity index (χ0) is 12.7. The summed E-state index contributed by atoms with van der Waals surface area (Å²) in [4.78, 5) is 0. The van der Waals surface area contributed by atoms with E-state index in [0.717, 1.165) is 12.2 Å². The van der Waals surface area contributed by atoms with Crippen molar-refractivity contribution in [1.82, 2.24) is 5.32 Å². The number of methoxy groups -OCH3 is 1. The van der Waals surface area contributed by atoms with Gasteiger partial charge in [0.25, 0.3) is 0 Å². The number of rotatable bonds is 7. The van der Waals surface area contributed by atoms with Crippen molar-refractivity contribution in [3.05, 3.63) is 29.8 Å². The minimum Gasteiger partial charge on any atom is -0.496 e. The average Bonchev–Trinajstić information content (AvgIpc) is 2.36. The first-order valence-electron chi connectivity index (χ1n) is 6.52. The van der Waals surface area contributed by atoms with Crippen molar-refractivity contribution < 1.29 is 4.74 Å². The van der Waals surface area contributed by atoms with Gasteiger partial charge in [-0.15, -0.1) is 0 Å². The number of hydrogen-bond acceptors (Lipinski definition) is 2. The van der Waals surface area contributed by atoms with Crippen LogP contribution >= 0.6 is 0 Å². The lowest BCUT2D eigenvalue weighted by atomic mass is 9.91. The van der Waals surface area contributed by atoms with Crippen LogP contribution in [0.1, 0.15) is 32.3 Å². The lowest BCUT2D eigenvalue weighted by Gasteiger charge is -2.23. The monoisotopic (exact) mass is 235 g/mol. The Bertz CT molecular complexity index is 324. The molecule has 0 heterocycles. The highest BCUT2D eigenvalue weighted by Gasteiger charge is 2.16. The van der Waals surface area contributed by atoms with Crippen LogP contribution in [0.5, 0.6) is 5.75 Å². The fourth-order valence-corrected chi connectivity index (χ4v) is 2.39. The Kier molecular flexibility index (Phi) is 6.06. The molecule has 0 aliphatic rings. The molecule has 0 radical (unpaired) electrons. The molecule has 0 spiro atoms. The second-order valence-corrected chi connectivity index (χ2v) is 4.68. The molecule has 0 saturated heterocycles. The van der Waals surface area contributed by atoms with Crippen LogP contribution in [-0.4, -0.2) is 20.2 Å². The minimum absolute atomic E-state index is 0.588. The van der Waals surface area contributed by atoms with Crippen LogP contribution in [0.4, 0.5) is 0 Å². The van der Waals surface area contributed by atoms with Crippen LogP contribution in [0.15, 0.2) is 24.3 Å². The summed E-state index contributed by atoms with van der Waals surface area (Å²) < 4.78 is 5.40. The molecule has 2 nitrogen and oxygen atoms in total. The molecule has 0 amide bonds. The van der Waals surface area contributed by atoms with Gasteiger partial charge in [-0.1, -0.05) is 38.5 Å². The first-order valence-corrected chi connectivity index (χ1v) is 6.52. The third-order valence-electron chi connectivity index (χ3n) is 3.39. The topological polar surface area (TPSA) is 21.3 Å². The van der Waals surface area contributed by atoms with Gasteiger partial charge in [0.2, 0.25) is 0 Å². The second kappa shape index (κ2) is 7.33. The van der Waals surface area contributed by atoms with Crippen molar-refractivity contribution in [3.8, 4) is 5.75 Å². The van der Waals surface area contributed by atoms with Gasteiger partial charge in [-0.3, -0.25) is 0 Å². The van der Waals surface area contributed by atoms with E-state index >= 15 is 0 Å². The molecular formula is C15H25NO. The summed E-state index contributed by atoms with van der Waals surface area (Å²) in [6.45, 7) is 4.55. The molecule has 0 bridgehead atoms. The highest BCUT2D eigenvalue weighted by molar-refractivity contribution is 5.33. The quantitative estimate of drug-likeness (QED) is 0.783. The molecule has 2 heteroatoms. The van der Waals surface area contributed by atoms with E-state index in [1.807, 2.05) is 12.1 Å². The maximum Gasteiger partial charge on any atom is 0.122 e. The Morgan fingerprint density at radius 2 is 2.00 bits per heavy atom. The lowest BCUT2D eigenvalue weighted by Crippen LogP contribution is -2.33. The molecule has 96 valence electrons. The Morgan fingerprint density at radius 1 is 1.29 bits per heavy atom. The highest BCUT2D eigenvalue weighted by Crippen LogP contribution is 2.23. The zero-order valence-corrected chi connectivity index (χ0v) is 11.5. The third kappa shape index (κ3) is 4.04. The number of hydrogen-bond donors (Lipinski definition) is 1. The van der Waals surface area contributed by atoms with Crippen LogP contribution < -0.4 is 10.1 Å². The van der Waals surface area contributed by atoms with Gasteiger partial charge in [0.05, 0.1) is 7.11 Å². The van der Waals surface area contributed by atoms with Crippen molar-refractivity contribution in [1.29, 1.82) is 0 Å². The molecule has 0 saturated carbocycles. The Hall–Kier alpha value is -1.02. The van der Waals surface area contributed by atoms with E-state index in [-0.39, 0.29) is 0 Å². The summed E-state index contributed by atoms with van der Waals surface area (Å²) in [5.74, 6) is 1.63. The molecule has 1 rings (SSSR count). The summed E-state index contributed by atoms with van der Waals surface area (Å²) in [5, 5.41) is 3.42. The number of para-hydroxylation sites is 1. The van der Waals surface area contributed by atoms with Gasteiger partial charge in [0, 0.05) is 6.04 Å². The summed E-state index contributed by atoms with van der Waals surface area (Å²) in [6.07, 6.45) is 3.52. The standard InChI is InChI=1S/C15H25NO/c1-5-8-14(16-3)12(2)11-13-9-6-7-10-15(13)17-4/h6-7,9-10,12,14,16H,5,8,11H2,1-4H3. The van der Waals surface area contributed by atoms with Crippen molar-refractivity contribution in [3.63, 3.8) is 0 Å². The number of nitrogens with one attached hydrogen (secondary N) is 1. The first kappa shape index (κ1) is 14.0. The van der Waals surface area contributed by atoms with E-state index in [1.165, 1.54) is 18.4 Å². The Balaban J connectivity index is 2.68. The third-order valence-corrected chi connectivity index (χ3v) is 3.39. The Morgan fingerprint density at radius 3 is 2.59 bits per heavy atom. The molecule has 0 aromatic heterocycles. The highest BCUT2D eigenvalue weighted by atomic mass is 16.5. The van der Waals surface area contributed by atoms with Crippen LogP contribution in [0, 0.1) is 5.92 Å². The Labute approximate surface area is 105 Å². The van der Waals surface area contributed by atoms with E-state index in [0.29, 0.717) is 12.0 Å². The zero-order valence-electron chi connectivity index (χ0n) is 11.5. The van der Waals surface area contributed by atoms with E-state index in [9.17, 15) is 0 Å². The normalized spacial score (nSPS) is 14.4. The van der Waals surface area contributed by atoms with Crippen molar-refractivity contribution in [2.45, 2.75) is 39.2 Å². The summed E-state index contributed by atoms with van der Waals surface area (Å²) in [5.41, 5.74) is 1.30. The van der Waals surface area contributed by atoms with Gasteiger partial charge in [0.15, 0.2) is 0 Å². The molecule has 1 aromatic rings. The molecule has 1 aromatic carbocycles. The van der Waals surface area contributed by atoms with Gasteiger partial charge in [-0.25, -0.2) is 0 Å². The van der Waals surface area contributed by atoms with Gasteiger partial charge >= 0.3 is 0 Å². The van der Waals surface area contributed by atoms with E-state index < -0.39 is 0 Å². The molecular weight excluding hydrogens is 210 g/mol. The van der Waals surface area contributed by atoms with E-state index in [2.05, 4.69) is 38.3 Å². The second-order valence-electron chi connectivity index (χ2n) is 4.68. The molecule has 0 aliphatic heterocycles. The average molecular weight is 235 g/mol. The van der Waals surface area contributed by atoms with Crippen LogP contribution in [-0.2, 0) is 6.42 Å². The van der Waals surface area contributed by atoms with Gasteiger partial charge in [-0.05, 0) is 37.4 Å². The molecule has 0 aliphatic carbocycles. The van der Waals surface area contributed by atoms with Crippen molar-refractivity contribution in [2.24, 2.45) is 5.92 Å². The SMILES string of the molecule is CCCC(NC)C(C)Cc1ccccc1OC. The van der Waals surface area contributed by atoms with Gasteiger partial charge in [-0.2, -0.15) is 0 Å². The van der Waals surface area contributed by atoms with Crippen molar-refractivity contribution >= 4 is 0 Å². The summed E-state index contributed by atoms with van der Waals surface area (Å²) in [7, 11) is 3.80. The predicted molar refractivity (Wildman–Crippen MR) is 73.6 cm³/mol. The molecule has 2 unspecified atom stereocenters. The van der Waals surface area contributed by atoms with Gasteiger partial charge in [0.1, 0.15) is 5.75 Å². The fraction of sp³-hybridized carbons (Fsp3) is 0.600. The fourth-order valence-electron chi connectivity index (χ4n) is 2.39. The molecule has 17 heavy (non-hydrogen) atoms. The number of benzene rings is 1. The largest absolute Gasteiger partial charge is 0.496 e. The maximum absolute atomic E-state index is 5.40. The smallest absolute Gasteiger partial charge is 0.122 e. The van der Waals surface area contributed by atoms with Crippen LogP contribution in [0.2, 0.25) is 0 Å². The van der Waals surface area contributed by atoms with Crippen molar-refractivity contribution in [2.75, 3.05) is 14.2 Å². The molecule has 0 fully saturated rings. The first-order chi connectivity index (χ1) is 8.22. The molecule has 1 N–H and O–H groups in total. The predicted octanol–water partition coefficient (Wildman–Crippen LogP) is 3.26. The summed E-state index contributed by atoms with van der Waals surface area (Å²) >= 11 is 0. The lowest BCUT2D eigenvalue weighted by molar-refractivity contribution is 0.362. The maximum atomic E-state index is 5.40. The minimum atomic E-state index is 0.588. The van der Waals surface area contributed by atoms with E-state index in [4.69, 9.17) is 4.74 Å². The van der Waals surface area contributed by atoms with Gasteiger partial charge < -0.3 is 10.1 Å². The molecule has 2 atom stereocenters. The number of ether oxygens (including phenoxy) is 1. The van der Waals surface area contributed by atoms with E-state index in [1.54, 1.807) is 7.11 Å². The van der Waals surface area contributed by atoms with Crippen LogP contribution in [0.25, 0.3) is 0 Å².